The third kappa shape index (κ3) is 5.22. The molecule has 4 atom stereocenters. The monoisotopic (exact) mass is 440 g/mol. The first-order valence-electron chi connectivity index (χ1n) is 11.6. The number of ether oxygens (including phenoxy) is 3. The molecule has 1 N–H and O–H groups in total. The van der Waals surface area contributed by atoms with Gasteiger partial charge in [0, 0.05) is 10.8 Å². The molecule has 5 heteroatoms. The van der Waals surface area contributed by atoms with Gasteiger partial charge in [-0.05, 0) is 36.8 Å². The third-order valence-corrected chi connectivity index (χ3v) is 7.14. The molecule has 174 valence electrons. The van der Waals surface area contributed by atoms with Crippen molar-refractivity contribution in [2.24, 2.45) is 0 Å². The first-order chi connectivity index (χ1) is 15.5. The molecule has 32 heavy (non-hydrogen) atoms. The highest BCUT2D eigenvalue weighted by Crippen LogP contribution is 2.40. The van der Waals surface area contributed by atoms with Gasteiger partial charge in [-0.15, -0.1) is 0 Å². The molecule has 0 bridgehead atoms. The van der Waals surface area contributed by atoms with E-state index in [0.29, 0.717) is 13.0 Å². The van der Waals surface area contributed by atoms with E-state index in [1.54, 1.807) is 0 Å². The summed E-state index contributed by atoms with van der Waals surface area (Å²) in [5, 5.41) is 9.12. The summed E-state index contributed by atoms with van der Waals surface area (Å²) in [6, 6.07) is 20.7. The van der Waals surface area contributed by atoms with E-state index in [0.717, 1.165) is 25.9 Å². The van der Waals surface area contributed by atoms with Crippen molar-refractivity contribution < 1.29 is 24.1 Å². The Labute approximate surface area is 191 Å². The highest BCUT2D eigenvalue weighted by Gasteiger charge is 2.43. The van der Waals surface area contributed by atoms with Crippen molar-refractivity contribution in [1.29, 1.82) is 0 Å². The van der Waals surface area contributed by atoms with Crippen LogP contribution in [-0.4, -0.2) is 50.2 Å². The summed E-state index contributed by atoms with van der Waals surface area (Å²) in [5.41, 5.74) is 2.66. The fraction of sp³-hybridized carbons (Fsp3) is 0.519. The molecule has 4 unspecified atom stereocenters. The molecule has 0 radical (unpaired) electrons. The van der Waals surface area contributed by atoms with Gasteiger partial charge in [-0.2, -0.15) is 0 Å². The van der Waals surface area contributed by atoms with Gasteiger partial charge in [0.05, 0.1) is 33.0 Å². The second-order valence-electron chi connectivity index (χ2n) is 8.85. The molecular formula is C27H36O5. The van der Waals surface area contributed by atoms with Gasteiger partial charge in [0.15, 0.2) is 6.10 Å². The molecule has 2 aromatic carbocycles. The molecule has 0 aliphatic carbocycles. The van der Waals surface area contributed by atoms with E-state index in [1.165, 1.54) is 18.2 Å². The quantitative estimate of drug-likeness (QED) is 0.674. The van der Waals surface area contributed by atoms with Gasteiger partial charge in [-0.3, -0.25) is 0 Å². The highest BCUT2D eigenvalue weighted by molar-refractivity contribution is 5.75. The highest BCUT2D eigenvalue weighted by atomic mass is 16.6. The number of methoxy groups -OCH3 is 1. The number of rotatable bonds is 6. The topological polar surface area (TPSA) is 65.0 Å². The normalized spacial score (nSPS) is 29.2. The van der Waals surface area contributed by atoms with Crippen LogP contribution < -0.4 is 0 Å². The zero-order valence-corrected chi connectivity index (χ0v) is 19.5. The summed E-state index contributed by atoms with van der Waals surface area (Å²) in [4.78, 5) is 11.5. The van der Waals surface area contributed by atoms with Gasteiger partial charge in [-0.25, -0.2) is 4.79 Å². The standard InChI is InChI=1S/C14H18O3.C13H18O2/c1-3-14(11-7-5-4-6-8-11)9-12(17-10-14)13(15)16-2;1-2-13(8-12(9-14)15-10-13)11-6-4-3-5-7-11/h4-8,12H,3,9-10H2,1-2H3;3-7,12,14H,2,8-10H2,1H3. The van der Waals surface area contributed by atoms with Gasteiger partial charge in [0.25, 0.3) is 0 Å². The van der Waals surface area contributed by atoms with Crippen LogP contribution in [0.4, 0.5) is 0 Å². The molecule has 4 rings (SSSR count). The molecule has 2 fully saturated rings. The van der Waals surface area contributed by atoms with Gasteiger partial charge in [0.2, 0.25) is 0 Å². The SMILES string of the molecule is CCC1(c2ccccc2)COC(C(=O)OC)C1.CCC1(c2ccccc2)COC(CO)C1. The van der Waals surface area contributed by atoms with Crippen LogP contribution in [-0.2, 0) is 29.8 Å². The van der Waals surface area contributed by atoms with Crippen molar-refractivity contribution in [3.63, 3.8) is 0 Å². The smallest absolute Gasteiger partial charge is 0.335 e. The van der Waals surface area contributed by atoms with Crippen molar-refractivity contribution in [3.8, 4) is 0 Å². The van der Waals surface area contributed by atoms with Crippen LogP contribution in [0.3, 0.4) is 0 Å². The van der Waals surface area contributed by atoms with E-state index in [-0.39, 0.29) is 29.5 Å². The third-order valence-electron chi connectivity index (χ3n) is 7.14. The number of aliphatic hydroxyl groups is 1. The Bertz CT molecular complexity index is 840. The van der Waals surface area contributed by atoms with E-state index in [2.05, 4.69) is 50.2 Å². The minimum absolute atomic E-state index is 0.0187. The molecule has 2 aliphatic rings. The molecule has 2 saturated heterocycles. The average molecular weight is 441 g/mol. The first kappa shape index (κ1) is 24.4. The fourth-order valence-corrected chi connectivity index (χ4v) is 4.85. The van der Waals surface area contributed by atoms with Crippen LogP contribution >= 0.6 is 0 Å². The molecule has 5 nitrogen and oxygen atoms in total. The number of hydrogen-bond donors (Lipinski definition) is 1. The van der Waals surface area contributed by atoms with Crippen LogP contribution in [0.25, 0.3) is 0 Å². The number of hydrogen-bond acceptors (Lipinski definition) is 5. The van der Waals surface area contributed by atoms with Crippen molar-refractivity contribution in [2.75, 3.05) is 26.9 Å². The summed E-state index contributed by atoms with van der Waals surface area (Å²) in [6.45, 7) is 5.78. The summed E-state index contributed by atoms with van der Waals surface area (Å²) in [7, 11) is 1.40. The lowest BCUT2D eigenvalue weighted by molar-refractivity contribution is -0.151. The Balaban J connectivity index is 0.000000182. The lowest BCUT2D eigenvalue weighted by Crippen LogP contribution is -2.27. The fourth-order valence-electron chi connectivity index (χ4n) is 4.85. The minimum Gasteiger partial charge on any atom is -0.467 e. The van der Waals surface area contributed by atoms with Crippen LogP contribution in [0.15, 0.2) is 60.7 Å². The maximum atomic E-state index is 11.5. The molecular weight excluding hydrogens is 404 g/mol. The lowest BCUT2D eigenvalue weighted by atomic mass is 9.76. The second kappa shape index (κ2) is 11.1. The number of carbonyl (C=O) groups excluding carboxylic acids is 1. The Morgan fingerprint density at radius 2 is 1.41 bits per heavy atom. The van der Waals surface area contributed by atoms with E-state index in [1.807, 2.05) is 24.3 Å². The maximum Gasteiger partial charge on any atom is 0.335 e. The van der Waals surface area contributed by atoms with Gasteiger partial charge >= 0.3 is 5.97 Å². The minimum atomic E-state index is -0.417. The Morgan fingerprint density at radius 3 is 1.84 bits per heavy atom. The summed E-state index contributed by atoms with van der Waals surface area (Å²) in [6.07, 6.45) is 3.27. The summed E-state index contributed by atoms with van der Waals surface area (Å²) in [5.74, 6) is -0.267. The predicted molar refractivity (Wildman–Crippen MR) is 125 cm³/mol. The van der Waals surface area contributed by atoms with Gasteiger partial charge in [0.1, 0.15) is 0 Å². The molecule has 0 amide bonds. The largest absolute Gasteiger partial charge is 0.467 e. The predicted octanol–water partition coefficient (Wildman–Crippen LogP) is 4.41. The van der Waals surface area contributed by atoms with Crippen molar-refractivity contribution in [3.05, 3.63) is 71.8 Å². The second-order valence-corrected chi connectivity index (χ2v) is 8.85. The van der Waals surface area contributed by atoms with Gasteiger partial charge in [-0.1, -0.05) is 74.5 Å². The summed E-state index contributed by atoms with van der Waals surface area (Å²) >= 11 is 0. The van der Waals surface area contributed by atoms with E-state index in [4.69, 9.17) is 19.3 Å². The van der Waals surface area contributed by atoms with E-state index >= 15 is 0 Å². The molecule has 2 aromatic rings. The summed E-state index contributed by atoms with van der Waals surface area (Å²) < 4.78 is 15.9. The number of benzene rings is 2. The molecule has 0 aromatic heterocycles. The molecule has 2 aliphatic heterocycles. The number of esters is 1. The first-order valence-corrected chi connectivity index (χ1v) is 11.6. The average Bonchev–Trinajstić information content (AvgIpc) is 3.51. The molecule has 0 saturated carbocycles. The van der Waals surface area contributed by atoms with Gasteiger partial charge < -0.3 is 19.3 Å². The van der Waals surface area contributed by atoms with Crippen molar-refractivity contribution >= 4 is 5.97 Å². The van der Waals surface area contributed by atoms with Crippen molar-refractivity contribution in [2.45, 2.75) is 62.6 Å². The van der Waals surface area contributed by atoms with Crippen molar-refractivity contribution in [1.82, 2.24) is 0 Å². The molecule has 2 heterocycles. The van der Waals surface area contributed by atoms with E-state index < -0.39 is 6.10 Å². The van der Waals surface area contributed by atoms with Crippen LogP contribution in [0.5, 0.6) is 0 Å². The van der Waals surface area contributed by atoms with Crippen LogP contribution in [0, 0.1) is 0 Å². The van der Waals surface area contributed by atoms with Crippen LogP contribution in [0.1, 0.15) is 50.7 Å². The maximum absolute atomic E-state index is 11.5. The van der Waals surface area contributed by atoms with E-state index in [9.17, 15) is 4.79 Å². The zero-order valence-electron chi connectivity index (χ0n) is 19.5. The Kier molecular flexibility index (Phi) is 8.46. The van der Waals surface area contributed by atoms with Crippen LogP contribution in [0.2, 0.25) is 0 Å². The lowest BCUT2D eigenvalue weighted by Gasteiger charge is -2.26. The number of aliphatic hydroxyl groups excluding tert-OH is 1. The zero-order chi connectivity index (χ0) is 23.0. The molecule has 0 spiro atoms. The Morgan fingerprint density at radius 1 is 0.906 bits per heavy atom. The Hall–Kier alpha value is -2.21. The number of carbonyl (C=O) groups is 1.